The van der Waals surface area contributed by atoms with Gasteiger partial charge in [0, 0.05) is 18.3 Å². The molecule has 0 amide bonds. The van der Waals surface area contributed by atoms with Crippen LogP contribution in [0.1, 0.15) is 93.4 Å². The standard InChI is InChI=1S/C30H48O8/c1-16(26(3,4)35)12-25(34)29(7,36)24-9-11-30(37)19-13-21(32)20-14-22(33)23(38-17(2)31)15-27(20,5)18(19)8-10-28(24,30)6/h13,16,18,20,22-25,33-37H,8-12,14-15H2,1-7H3/t16-,18?,20?,22-,23+,24?,25-,27-,28-,29-,30-/m1/s1. The lowest BCUT2D eigenvalue weighted by Crippen LogP contribution is -2.63. The van der Waals surface area contributed by atoms with E-state index < -0.39 is 63.8 Å². The molecule has 0 aromatic heterocycles. The van der Waals surface area contributed by atoms with Crippen molar-refractivity contribution in [3.63, 3.8) is 0 Å². The van der Waals surface area contributed by atoms with Crippen molar-refractivity contribution in [1.29, 1.82) is 0 Å². The van der Waals surface area contributed by atoms with Crippen LogP contribution < -0.4 is 0 Å². The molecular weight excluding hydrogens is 488 g/mol. The summed E-state index contributed by atoms with van der Waals surface area (Å²) in [4.78, 5) is 25.2. The second-order valence-electron chi connectivity index (χ2n) is 14.2. The number of allylic oxidation sites excluding steroid dienone is 1. The van der Waals surface area contributed by atoms with Crippen LogP contribution in [0.15, 0.2) is 11.6 Å². The zero-order valence-corrected chi connectivity index (χ0v) is 24.0. The molecule has 0 radical (unpaired) electrons. The van der Waals surface area contributed by atoms with Gasteiger partial charge in [0.25, 0.3) is 0 Å². The van der Waals surface area contributed by atoms with E-state index in [2.05, 4.69) is 0 Å². The number of ketones is 1. The number of rotatable bonds is 6. The molecule has 3 unspecified atom stereocenters. The summed E-state index contributed by atoms with van der Waals surface area (Å²) >= 11 is 0. The molecule has 38 heavy (non-hydrogen) atoms. The van der Waals surface area contributed by atoms with Gasteiger partial charge < -0.3 is 30.3 Å². The van der Waals surface area contributed by atoms with Crippen LogP contribution in [0, 0.1) is 34.5 Å². The van der Waals surface area contributed by atoms with Gasteiger partial charge in [-0.15, -0.1) is 0 Å². The van der Waals surface area contributed by atoms with Crippen molar-refractivity contribution < 1.29 is 39.9 Å². The molecule has 3 fully saturated rings. The van der Waals surface area contributed by atoms with Crippen LogP contribution >= 0.6 is 0 Å². The van der Waals surface area contributed by atoms with E-state index in [-0.39, 0.29) is 30.5 Å². The minimum atomic E-state index is -1.51. The summed E-state index contributed by atoms with van der Waals surface area (Å²) in [6.07, 6.45) is 1.78. The molecule has 4 aliphatic carbocycles. The lowest BCUT2D eigenvalue weighted by molar-refractivity contribution is -0.184. The number of carbonyl (C=O) groups is 2. The van der Waals surface area contributed by atoms with E-state index in [0.717, 1.165) is 0 Å². The Bertz CT molecular complexity index is 997. The molecule has 3 saturated carbocycles. The van der Waals surface area contributed by atoms with Crippen LogP contribution in [0.3, 0.4) is 0 Å². The quantitative estimate of drug-likeness (QED) is 0.326. The maximum atomic E-state index is 13.5. The first-order valence-electron chi connectivity index (χ1n) is 14.3. The first-order chi connectivity index (χ1) is 17.3. The Morgan fingerprint density at radius 3 is 2.37 bits per heavy atom. The van der Waals surface area contributed by atoms with Gasteiger partial charge in [0.15, 0.2) is 5.78 Å². The summed E-state index contributed by atoms with van der Waals surface area (Å²) in [6.45, 7) is 12.1. The summed E-state index contributed by atoms with van der Waals surface area (Å²) in [6, 6.07) is 0. The smallest absolute Gasteiger partial charge is 0.302 e. The number of carbonyl (C=O) groups excluding carboxylic acids is 2. The third-order valence-corrected chi connectivity index (χ3v) is 11.6. The highest BCUT2D eigenvalue weighted by Crippen LogP contribution is 2.68. The molecular formula is C30H48O8. The average molecular weight is 537 g/mol. The van der Waals surface area contributed by atoms with Gasteiger partial charge in [-0.25, -0.2) is 0 Å². The van der Waals surface area contributed by atoms with E-state index in [4.69, 9.17) is 4.74 Å². The topological polar surface area (TPSA) is 145 Å². The number of esters is 1. The molecule has 0 bridgehead atoms. The highest BCUT2D eigenvalue weighted by molar-refractivity contribution is 5.95. The number of fused-ring (bicyclic) bond motifs is 5. The maximum absolute atomic E-state index is 13.5. The summed E-state index contributed by atoms with van der Waals surface area (Å²) in [5.41, 5.74) is -4.52. The summed E-state index contributed by atoms with van der Waals surface area (Å²) in [5.74, 6) is -1.81. The highest BCUT2D eigenvalue weighted by Gasteiger charge is 2.69. The SMILES string of the molecule is CC(=O)O[C@H]1C[C@@]2(C)C(C[C@H]1O)C(=O)C=C1C2CC[C@]2(C)C([C@@](C)(O)[C@H](O)C[C@@H](C)C(C)(C)O)CC[C@@]12O. The van der Waals surface area contributed by atoms with Crippen LogP contribution in [0.2, 0.25) is 0 Å². The van der Waals surface area contributed by atoms with Crippen LogP contribution in [0.5, 0.6) is 0 Å². The van der Waals surface area contributed by atoms with Crippen LogP contribution in [0.4, 0.5) is 0 Å². The number of aliphatic hydroxyl groups is 5. The van der Waals surface area contributed by atoms with E-state index in [1.807, 2.05) is 20.8 Å². The van der Waals surface area contributed by atoms with Gasteiger partial charge in [-0.05, 0) is 101 Å². The third kappa shape index (κ3) is 4.39. The van der Waals surface area contributed by atoms with Crippen molar-refractivity contribution in [2.24, 2.45) is 34.5 Å². The second-order valence-corrected chi connectivity index (χ2v) is 14.2. The largest absolute Gasteiger partial charge is 0.460 e. The number of hydrogen-bond donors (Lipinski definition) is 5. The van der Waals surface area contributed by atoms with Gasteiger partial charge in [-0.3, -0.25) is 9.59 Å². The Morgan fingerprint density at radius 1 is 1.16 bits per heavy atom. The Balaban J connectivity index is 1.66. The predicted octanol–water partition coefficient (Wildman–Crippen LogP) is 2.67. The third-order valence-electron chi connectivity index (χ3n) is 11.6. The zero-order chi connectivity index (χ0) is 28.6. The molecule has 0 aromatic rings. The molecule has 8 nitrogen and oxygen atoms in total. The number of ether oxygens (including phenoxy) is 1. The Labute approximate surface area is 226 Å². The molecule has 4 rings (SSSR count). The first kappa shape index (κ1) is 29.7. The van der Waals surface area contributed by atoms with Crippen molar-refractivity contribution in [2.75, 3.05) is 0 Å². The molecule has 0 saturated heterocycles. The van der Waals surface area contributed by atoms with Crippen molar-refractivity contribution in [3.8, 4) is 0 Å². The molecule has 4 aliphatic rings. The fourth-order valence-corrected chi connectivity index (χ4v) is 8.71. The number of aliphatic hydroxyl groups excluding tert-OH is 2. The Morgan fingerprint density at radius 2 is 1.79 bits per heavy atom. The molecule has 5 N–H and O–H groups in total. The summed E-state index contributed by atoms with van der Waals surface area (Å²) in [7, 11) is 0. The molecule has 216 valence electrons. The zero-order valence-electron chi connectivity index (χ0n) is 24.0. The summed E-state index contributed by atoms with van der Waals surface area (Å²) in [5, 5.41) is 56.3. The van der Waals surface area contributed by atoms with Gasteiger partial charge >= 0.3 is 5.97 Å². The minimum absolute atomic E-state index is 0.119. The van der Waals surface area contributed by atoms with E-state index >= 15 is 0 Å². The normalized spacial score (nSPS) is 44.2. The van der Waals surface area contributed by atoms with Crippen molar-refractivity contribution in [1.82, 2.24) is 0 Å². The van der Waals surface area contributed by atoms with Crippen molar-refractivity contribution in [2.45, 2.75) is 129 Å². The Kier molecular flexibility index (Phi) is 7.31. The van der Waals surface area contributed by atoms with Gasteiger partial charge in [-0.2, -0.15) is 0 Å². The van der Waals surface area contributed by atoms with E-state index in [9.17, 15) is 35.1 Å². The summed E-state index contributed by atoms with van der Waals surface area (Å²) < 4.78 is 5.45. The van der Waals surface area contributed by atoms with Crippen LogP contribution in [-0.4, -0.2) is 72.4 Å². The van der Waals surface area contributed by atoms with Gasteiger partial charge in [-0.1, -0.05) is 20.8 Å². The highest BCUT2D eigenvalue weighted by atomic mass is 16.6. The molecule has 0 spiro atoms. The predicted molar refractivity (Wildman–Crippen MR) is 141 cm³/mol. The van der Waals surface area contributed by atoms with Crippen LogP contribution in [0.25, 0.3) is 0 Å². The molecule has 0 aromatic carbocycles. The van der Waals surface area contributed by atoms with Crippen molar-refractivity contribution in [3.05, 3.63) is 11.6 Å². The second kappa shape index (κ2) is 9.37. The monoisotopic (exact) mass is 536 g/mol. The van der Waals surface area contributed by atoms with E-state index in [1.54, 1.807) is 26.8 Å². The average Bonchev–Trinajstić information content (AvgIpc) is 3.06. The maximum Gasteiger partial charge on any atom is 0.302 e. The van der Waals surface area contributed by atoms with Gasteiger partial charge in [0.2, 0.25) is 0 Å². The van der Waals surface area contributed by atoms with E-state index in [0.29, 0.717) is 37.7 Å². The number of hydrogen-bond acceptors (Lipinski definition) is 8. The van der Waals surface area contributed by atoms with E-state index in [1.165, 1.54) is 6.92 Å². The molecule has 0 heterocycles. The van der Waals surface area contributed by atoms with Crippen molar-refractivity contribution >= 4 is 11.8 Å². The lowest BCUT2D eigenvalue weighted by atomic mass is 9.45. The molecule has 8 heteroatoms. The van der Waals surface area contributed by atoms with Gasteiger partial charge in [0.05, 0.1) is 29.0 Å². The Hall–Kier alpha value is -1.32. The fraction of sp³-hybridized carbons (Fsp3) is 0.867. The first-order valence-corrected chi connectivity index (χ1v) is 14.3. The van der Waals surface area contributed by atoms with Gasteiger partial charge in [0.1, 0.15) is 6.10 Å². The lowest BCUT2D eigenvalue weighted by Gasteiger charge is -2.61. The fourth-order valence-electron chi connectivity index (χ4n) is 8.71. The minimum Gasteiger partial charge on any atom is -0.460 e. The molecule has 11 atom stereocenters. The van der Waals surface area contributed by atoms with Crippen LogP contribution in [-0.2, 0) is 14.3 Å². The molecule has 0 aliphatic heterocycles.